The molecule has 0 bridgehead atoms. The number of nitrogens with zero attached hydrogens (tertiary/aromatic N) is 1. The fraction of sp³-hybridized carbons (Fsp3) is 0.100. The topological polar surface area (TPSA) is 84.9 Å². The Morgan fingerprint density at radius 3 is 2.48 bits per heavy atom. The number of anilines is 1. The van der Waals surface area contributed by atoms with Crippen LogP contribution >= 0.6 is 57.4 Å². The number of carbonyl (C=O) groups is 3. The summed E-state index contributed by atoms with van der Waals surface area (Å²) in [7, 11) is 1.26. The second-order valence-corrected chi connectivity index (χ2v) is 8.80. The Bertz CT molecular complexity index is 1120. The lowest BCUT2D eigenvalue weighted by Gasteiger charge is -2.29. The van der Waals surface area contributed by atoms with Crippen LogP contribution in [-0.2, 0) is 19.1 Å². The molecule has 1 saturated heterocycles. The van der Waals surface area contributed by atoms with Crippen molar-refractivity contribution >= 4 is 92.1 Å². The van der Waals surface area contributed by atoms with Crippen LogP contribution in [0.3, 0.4) is 0 Å². The average molecular weight is 666 g/mol. The third-order valence-corrected chi connectivity index (χ3v) is 5.98. The molecule has 3 rings (SSSR count). The molecule has 0 aliphatic carbocycles. The van der Waals surface area contributed by atoms with Gasteiger partial charge in [0.05, 0.1) is 19.9 Å². The van der Waals surface area contributed by atoms with Crippen molar-refractivity contribution in [2.75, 3.05) is 18.6 Å². The summed E-state index contributed by atoms with van der Waals surface area (Å²) in [6.07, 6.45) is 1.39. The van der Waals surface area contributed by atoms with E-state index in [1.54, 1.807) is 18.2 Å². The predicted molar refractivity (Wildman–Crippen MR) is 132 cm³/mol. The number of hydrogen-bond donors (Lipinski definition) is 1. The van der Waals surface area contributed by atoms with Gasteiger partial charge in [-0.25, -0.2) is 14.1 Å². The molecule has 0 atom stereocenters. The Balaban J connectivity index is 1.95. The maximum absolute atomic E-state index is 14.2. The van der Waals surface area contributed by atoms with Gasteiger partial charge in [-0.3, -0.25) is 14.9 Å². The minimum atomic E-state index is -0.741. The third-order valence-electron chi connectivity index (χ3n) is 4.09. The van der Waals surface area contributed by atoms with Crippen molar-refractivity contribution in [3.63, 3.8) is 0 Å². The number of nitrogens with one attached hydrogen (secondary N) is 1. The van der Waals surface area contributed by atoms with E-state index in [0.717, 1.165) is 4.90 Å². The van der Waals surface area contributed by atoms with Crippen LogP contribution in [0.1, 0.15) is 5.56 Å². The molecule has 1 fully saturated rings. The first-order valence-corrected chi connectivity index (χ1v) is 11.1. The van der Waals surface area contributed by atoms with Crippen LogP contribution in [0.4, 0.5) is 10.1 Å². The van der Waals surface area contributed by atoms with Crippen LogP contribution in [0.5, 0.6) is 5.75 Å². The summed E-state index contributed by atoms with van der Waals surface area (Å²) >= 11 is 9.12. The molecular weight excluding hydrogens is 653 g/mol. The van der Waals surface area contributed by atoms with E-state index in [0.29, 0.717) is 18.5 Å². The van der Waals surface area contributed by atoms with E-state index in [-0.39, 0.29) is 23.0 Å². The minimum absolute atomic E-state index is 0.0564. The summed E-state index contributed by atoms with van der Waals surface area (Å²) in [5, 5.41) is 2.22. The molecule has 2 aromatic rings. The summed E-state index contributed by atoms with van der Waals surface area (Å²) in [5.74, 6) is -2.12. The van der Waals surface area contributed by atoms with Crippen molar-refractivity contribution in [3.05, 3.63) is 60.5 Å². The summed E-state index contributed by atoms with van der Waals surface area (Å²) in [6.45, 7) is -0.251. The quantitative estimate of drug-likeness (QED) is 0.173. The number of para-hydroxylation sites is 1. The first-order chi connectivity index (χ1) is 14.7. The zero-order valence-corrected chi connectivity index (χ0v) is 20.9. The monoisotopic (exact) mass is 666 g/mol. The highest BCUT2D eigenvalue weighted by Gasteiger charge is 2.35. The van der Waals surface area contributed by atoms with Gasteiger partial charge in [-0.2, -0.15) is 0 Å². The molecule has 1 aliphatic rings. The highest BCUT2D eigenvalue weighted by Crippen LogP contribution is 2.31. The van der Waals surface area contributed by atoms with Crippen molar-refractivity contribution in [1.29, 1.82) is 0 Å². The molecule has 1 N–H and O–H groups in total. The molecule has 0 unspecified atom stereocenters. The second-order valence-electron chi connectivity index (χ2n) is 6.09. The maximum atomic E-state index is 14.2. The Labute approximate surface area is 209 Å². The zero-order valence-electron chi connectivity index (χ0n) is 15.8. The number of methoxy groups -OCH3 is 1. The van der Waals surface area contributed by atoms with Crippen LogP contribution in [0.25, 0.3) is 6.08 Å². The number of benzene rings is 2. The number of rotatable bonds is 5. The molecule has 1 aliphatic heterocycles. The lowest BCUT2D eigenvalue weighted by Crippen LogP contribution is -2.54. The number of ether oxygens (including phenoxy) is 2. The van der Waals surface area contributed by atoms with Crippen LogP contribution in [0.2, 0.25) is 0 Å². The summed E-state index contributed by atoms with van der Waals surface area (Å²) < 4.78 is 25.6. The number of esters is 1. The molecule has 7 nitrogen and oxygen atoms in total. The lowest BCUT2D eigenvalue weighted by atomic mass is 10.1. The van der Waals surface area contributed by atoms with Gasteiger partial charge in [0.15, 0.2) is 11.7 Å². The summed E-state index contributed by atoms with van der Waals surface area (Å²) in [6, 6.07) is 9.01. The standard InChI is InChI=1S/C20H13FI2N2O5S/c1-29-16(26)9-30-17-13(22)7-10(8-14(17)23)6-11-18(27)24-20(31)25(19(11)28)15-5-3-2-4-12(15)21/h2-8H,9H2,1H3,(H,24,27,31)/b11-6+. The second kappa shape index (κ2) is 9.99. The molecule has 160 valence electrons. The van der Waals surface area contributed by atoms with Gasteiger partial charge in [-0.15, -0.1) is 0 Å². The highest BCUT2D eigenvalue weighted by molar-refractivity contribution is 14.1. The van der Waals surface area contributed by atoms with Crippen LogP contribution < -0.4 is 15.0 Å². The van der Waals surface area contributed by atoms with Gasteiger partial charge < -0.3 is 9.47 Å². The van der Waals surface area contributed by atoms with E-state index in [4.69, 9.17) is 17.0 Å². The van der Waals surface area contributed by atoms with Crippen molar-refractivity contribution in [2.45, 2.75) is 0 Å². The molecule has 0 saturated carbocycles. The van der Waals surface area contributed by atoms with Gasteiger partial charge >= 0.3 is 5.97 Å². The fourth-order valence-electron chi connectivity index (χ4n) is 2.67. The number of halogens is 3. The Kier molecular flexibility index (Phi) is 7.59. The van der Waals surface area contributed by atoms with E-state index in [9.17, 15) is 18.8 Å². The summed E-state index contributed by atoms with van der Waals surface area (Å²) in [5.41, 5.74) is 0.282. The Morgan fingerprint density at radius 2 is 1.87 bits per heavy atom. The number of thiocarbonyl (C=S) groups is 1. The maximum Gasteiger partial charge on any atom is 0.343 e. The molecule has 0 radical (unpaired) electrons. The Hall–Kier alpha value is -2.13. The van der Waals surface area contributed by atoms with E-state index >= 15 is 0 Å². The first kappa shape index (κ1) is 23.5. The van der Waals surface area contributed by atoms with Crippen molar-refractivity contribution in [3.8, 4) is 5.75 Å². The smallest absolute Gasteiger partial charge is 0.343 e. The largest absolute Gasteiger partial charge is 0.480 e. The van der Waals surface area contributed by atoms with E-state index in [1.165, 1.54) is 31.4 Å². The van der Waals surface area contributed by atoms with Gasteiger partial charge in [0.1, 0.15) is 17.1 Å². The highest BCUT2D eigenvalue weighted by atomic mass is 127. The van der Waals surface area contributed by atoms with Crippen molar-refractivity contribution in [1.82, 2.24) is 5.32 Å². The van der Waals surface area contributed by atoms with Crippen molar-refractivity contribution in [2.24, 2.45) is 0 Å². The van der Waals surface area contributed by atoms with Crippen LogP contribution in [0.15, 0.2) is 42.0 Å². The van der Waals surface area contributed by atoms with Gasteiger partial charge in [0, 0.05) is 0 Å². The molecule has 2 aromatic carbocycles. The summed E-state index contributed by atoms with van der Waals surface area (Å²) in [4.78, 5) is 37.7. The average Bonchev–Trinajstić information content (AvgIpc) is 2.71. The Morgan fingerprint density at radius 1 is 1.23 bits per heavy atom. The van der Waals surface area contributed by atoms with E-state index in [1.807, 2.05) is 45.2 Å². The third kappa shape index (κ3) is 5.20. The lowest BCUT2D eigenvalue weighted by molar-refractivity contribution is -0.143. The fourth-order valence-corrected chi connectivity index (χ4v) is 5.07. The molecule has 0 aromatic heterocycles. The molecule has 11 heteroatoms. The van der Waals surface area contributed by atoms with Gasteiger partial charge in [0.25, 0.3) is 11.8 Å². The van der Waals surface area contributed by atoms with Crippen LogP contribution in [0, 0.1) is 13.0 Å². The zero-order chi connectivity index (χ0) is 22.7. The van der Waals surface area contributed by atoms with E-state index < -0.39 is 23.6 Å². The van der Waals surface area contributed by atoms with Crippen LogP contribution in [-0.4, -0.2) is 36.6 Å². The number of carbonyl (C=O) groups excluding carboxylic acids is 3. The number of amides is 2. The molecule has 2 amide bonds. The van der Waals surface area contributed by atoms with Crippen molar-refractivity contribution < 1.29 is 28.2 Å². The van der Waals surface area contributed by atoms with Gasteiger partial charge in [-0.05, 0) is 93.3 Å². The number of hydrogen-bond acceptors (Lipinski definition) is 6. The molecule has 1 heterocycles. The molecule has 31 heavy (non-hydrogen) atoms. The normalized spacial score (nSPS) is 15.2. The minimum Gasteiger partial charge on any atom is -0.480 e. The molecule has 0 spiro atoms. The SMILES string of the molecule is COC(=O)COc1c(I)cc(/C=C2\C(=O)NC(=S)N(c3ccccc3F)C2=O)cc1I. The van der Waals surface area contributed by atoms with Gasteiger partial charge in [0.2, 0.25) is 0 Å². The first-order valence-electron chi connectivity index (χ1n) is 8.57. The molecular formula is C20H13FI2N2O5S. The van der Waals surface area contributed by atoms with Gasteiger partial charge in [-0.1, -0.05) is 12.1 Å². The van der Waals surface area contributed by atoms with E-state index in [2.05, 4.69) is 10.1 Å². The predicted octanol–water partition coefficient (Wildman–Crippen LogP) is 3.42.